The van der Waals surface area contributed by atoms with E-state index in [4.69, 9.17) is 9.47 Å². The molecule has 0 aromatic heterocycles. The Morgan fingerprint density at radius 2 is 1.62 bits per heavy atom. The predicted molar refractivity (Wildman–Crippen MR) is 230 cm³/mol. The van der Waals surface area contributed by atoms with Crippen molar-refractivity contribution in [3.05, 3.63) is 47.0 Å². The molecule has 1 aromatic carbocycles. The summed E-state index contributed by atoms with van der Waals surface area (Å²) >= 11 is 0. The van der Waals surface area contributed by atoms with Crippen LogP contribution in [-0.4, -0.2) is 122 Å². The molecule has 0 saturated carbocycles. The van der Waals surface area contributed by atoms with E-state index in [9.17, 15) is 28.8 Å². The molecule has 1 aromatic rings. The summed E-state index contributed by atoms with van der Waals surface area (Å²) in [6, 6.07) is 3.73. The van der Waals surface area contributed by atoms with Crippen LogP contribution in [0.15, 0.2) is 51.9 Å². The summed E-state index contributed by atoms with van der Waals surface area (Å²) in [5.74, 6) is -2.03. The molecule has 6 N–H and O–H groups in total. The van der Waals surface area contributed by atoms with Gasteiger partial charge in [0.1, 0.15) is 36.6 Å². The lowest BCUT2D eigenvalue weighted by Crippen LogP contribution is -2.57. The highest BCUT2D eigenvalue weighted by atomic mass is 33.1. The Morgan fingerprint density at radius 3 is 2.33 bits per heavy atom. The molecule has 4 heterocycles. The fraction of sp³-hybridized carbons (Fsp3) is 0.619. The minimum atomic E-state index is -0.832. The summed E-state index contributed by atoms with van der Waals surface area (Å²) < 4.78 is 12.2. The Labute approximate surface area is 360 Å². The molecule has 0 bridgehead atoms. The van der Waals surface area contributed by atoms with Crippen LogP contribution in [0.5, 0.6) is 0 Å². The number of carbonyl (C=O) groups excluding carboxylic acids is 6. The van der Waals surface area contributed by atoms with Gasteiger partial charge in [-0.15, -0.1) is 0 Å². The molecule has 60 heavy (non-hydrogen) atoms. The average Bonchev–Trinajstić information content (AvgIpc) is 3.61. The first-order valence-electron chi connectivity index (χ1n) is 21.0. The van der Waals surface area contributed by atoms with Crippen LogP contribution in [-0.2, 0) is 38.2 Å². The van der Waals surface area contributed by atoms with E-state index >= 15 is 0 Å². The normalized spacial score (nSPS) is 28.0. The van der Waals surface area contributed by atoms with Gasteiger partial charge in [-0.05, 0) is 82.7 Å². The lowest BCUT2D eigenvalue weighted by atomic mass is 9.83. The number of fused-ring (bicyclic) bond motifs is 2. The van der Waals surface area contributed by atoms with E-state index in [1.165, 1.54) is 26.5 Å². The van der Waals surface area contributed by atoms with Crippen molar-refractivity contribution in [2.75, 3.05) is 39.2 Å². The summed E-state index contributed by atoms with van der Waals surface area (Å²) in [6.07, 6.45) is 7.34. The first kappa shape index (κ1) is 45.6. The van der Waals surface area contributed by atoms with Crippen molar-refractivity contribution < 1.29 is 38.2 Å². The topological polar surface area (TPSA) is 200 Å². The quantitative estimate of drug-likeness (QED) is 0.141. The third-order valence-corrected chi connectivity index (χ3v) is 14.4. The fourth-order valence-corrected chi connectivity index (χ4v) is 11.1. The smallest absolute Gasteiger partial charge is 0.247 e. The first-order valence-corrected chi connectivity index (χ1v) is 23.2. The number of likely N-dealkylation sites (N-methyl/N-ethyl adjacent to an activating group) is 2. The highest BCUT2D eigenvalue weighted by Gasteiger charge is 2.55. The molecule has 16 nitrogen and oxygen atoms in total. The number of rotatable bonds is 15. The number of carbonyl (C=O) groups is 6. The lowest BCUT2D eigenvalue weighted by molar-refractivity contribution is -0.149. The number of hydrogen-bond donors (Lipinski definition) is 6. The molecule has 5 aliphatic rings. The van der Waals surface area contributed by atoms with Crippen molar-refractivity contribution in [2.45, 2.75) is 127 Å². The van der Waals surface area contributed by atoms with Crippen LogP contribution < -0.4 is 31.9 Å². The molecule has 6 rings (SSSR count). The Bertz CT molecular complexity index is 1860. The van der Waals surface area contributed by atoms with Crippen LogP contribution in [0.25, 0.3) is 0 Å². The number of allylic oxidation sites excluding steroid dienone is 3. The third kappa shape index (κ3) is 10.2. The Hall–Kier alpha value is -3.94. The van der Waals surface area contributed by atoms with Crippen LogP contribution in [0.2, 0.25) is 0 Å². The van der Waals surface area contributed by atoms with Gasteiger partial charge in [0, 0.05) is 28.3 Å². The number of nitrogens with zero attached hydrogens (tertiary/aromatic N) is 2. The maximum atomic E-state index is 14.4. The first-order chi connectivity index (χ1) is 28.8. The number of ether oxygens (including phenoxy) is 2. The number of nitrogens with one attached hydrogen (secondary N) is 6. The van der Waals surface area contributed by atoms with Gasteiger partial charge >= 0.3 is 0 Å². The van der Waals surface area contributed by atoms with E-state index in [2.05, 4.69) is 38.8 Å². The molecule has 328 valence electrons. The molecular formula is C42H60N8O8S2. The predicted octanol–water partition coefficient (Wildman–Crippen LogP) is 2.98. The van der Waals surface area contributed by atoms with Crippen molar-refractivity contribution in [2.24, 2.45) is 11.3 Å². The second-order valence-corrected chi connectivity index (χ2v) is 18.9. The molecule has 1 aliphatic carbocycles. The Kier molecular flexibility index (Phi) is 15.4. The van der Waals surface area contributed by atoms with Crippen molar-refractivity contribution in [3.8, 4) is 0 Å². The molecule has 18 heteroatoms. The summed E-state index contributed by atoms with van der Waals surface area (Å²) in [5.41, 5.74) is 0.702. The minimum Gasteiger partial charge on any atom is -0.358 e. The Morgan fingerprint density at radius 1 is 0.917 bits per heavy atom. The van der Waals surface area contributed by atoms with Gasteiger partial charge in [0.15, 0.2) is 0 Å². The van der Waals surface area contributed by atoms with Crippen LogP contribution in [0.4, 0.5) is 5.69 Å². The maximum Gasteiger partial charge on any atom is 0.247 e. The van der Waals surface area contributed by atoms with E-state index in [0.29, 0.717) is 37.8 Å². The molecule has 8 atom stereocenters. The van der Waals surface area contributed by atoms with Crippen LogP contribution in [0.3, 0.4) is 0 Å². The van der Waals surface area contributed by atoms with Gasteiger partial charge in [-0.1, -0.05) is 67.0 Å². The molecule has 4 aliphatic heterocycles. The lowest BCUT2D eigenvalue weighted by Gasteiger charge is -2.34. The summed E-state index contributed by atoms with van der Waals surface area (Å²) in [7, 11) is 6.22. The molecule has 6 amide bonds. The van der Waals surface area contributed by atoms with Crippen molar-refractivity contribution in [3.63, 3.8) is 0 Å². The zero-order valence-corrected chi connectivity index (χ0v) is 37.0. The molecule has 4 fully saturated rings. The largest absolute Gasteiger partial charge is 0.358 e. The van der Waals surface area contributed by atoms with Crippen LogP contribution in [0, 0.1) is 11.3 Å². The second-order valence-electron chi connectivity index (χ2n) is 16.7. The van der Waals surface area contributed by atoms with Gasteiger partial charge in [0.25, 0.3) is 0 Å². The van der Waals surface area contributed by atoms with Gasteiger partial charge in [0.2, 0.25) is 35.4 Å². The van der Waals surface area contributed by atoms with E-state index in [0.717, 1.165) is 34.8 Å². The van der Waals surface area contributed by atoms with Crippen molar-refractivity contribution in [1.29, 1.82) is 0 Å². The molecule has 0 radical (unpaired) electrons. The number of anilines is 1. The summed E-state index contributed by atoms with van der Waals surface area (Å²) in [6.45, 7) is 8.30. The molecule has 4 saturated heterocycles. The standard InChI is InChI=1S/C42H60N8O8S2/c1-7-12-25-21-33-49(40(55)29(18-19-57-33)48-37(52)24(2)44-6)35(25)38(53)46-26-13-8-10-15-30(26)59-60-31-16-11-9-14-27(31)47-39(54)36-42(3,4)22-34-50(36)41(56)28(17-20-58-34)45-32(51)23-43-5/h8,10-11,13,15-16,24-25,28-29,33-36,43-44H,7,9,12,14,17-23H2,1-6H3,(H,45,51)(H,46,53)(H,47,54)(H,48,52)/t24-,25+,28?,29-,33-,34-,35?,36?/m0/s1. The fourth-order valence-electron chi connectivity index (χ4n) is 8.77. The minimum absolute atomic E-state index is 0.0648. The second kappa shape index (κ2) is 20.3. The van der Waals surface area contributed by atoms with Crippen LogP contribution >= 0.6 is 21.6 Å². The van der Waals surface area contributed by atoms with E-state index in [1.807, 2.05) is 50.3 Å². The highest BCUT2D eigenvalue weighted by molar-refractivity contribution is 8.78. The van der Waals surface area contributed by atoms with Gasteiger partial charge in [-0.2, -0.15) is 0 Å². The van der Waals surface area contributed by atoms with Crippen molar-refractivity contribution in [1.82, 2.24) is 36.4 Å². The van der Waals surface area contributed by atoms with E-state index in [1.54, 1.807) is 25.9 Å². The zero-order valence-electron chi connectivity index (χ0n) is 35.3. The Balaban J connectivity index is 1.17. The average molecular weight is 869 g/mol. The van der Waals surface area contributed by atoms with Crippen LogP contribution in [0.1, 0.15) is 79.1 Å². The third-order valence-electron chi connectivity index (χ3n) is 11.9. The number of hydrogen-bond acceptors (Lipinski definition) is 12. The number of benzene rings is 1. The zero-order chi connectivity index (χ0) is 43.1. The molecule has 0 spiro atoms. The van der Waals surface area contributed by atoms with E-state index in [-0.39, 0.29) is 61.1 Å². The van der Waals surface area contributed by atoms with Gasteiger partial charge < -0.3 is 51.2 Å². The van der Waals surface area contributed by atoms with Gasteiger partial charge in [-0.3, -0.25) is 28.8 Å². The molecular weight excluding hydrogens is 809 g/mol. The molecule has 3 unspecified atom stereocenters. The number of para-hydroxylation sites is 1. The summed E-state index contributed by atoms with van der Waals surface area (Å²) in [5, 5.41) is 17.7. The maximum absolute atomic E-state index is 14.4. The SMILES string of the molecule is CCC[C@@H]1C[C@@H]2OCC[C@H](NC(=O)[C@H](C)NC)C(=O)N2C1C(=O)Nc1ccccc1SSC1=C(NC(=O)C2N3C(=O)C(NC(=O)CNC)CCO[C@H]3CC2(C)C)CCC=C1. The van der Waals surface area contributed by atoms with Gasteiger partial charge in [-0.25, -0.2) is 0 Å². The summed E-state index contributed by atoms with van der Waals surface area (Å²) in [4.78, 5) is 86.6. The number of amides is 6. The van der Waals surface area contributed by atoms with Crippen molar-refractivity contribution >= 4 is 62.7 Å². The highest BCUT2D eigenvalue weighted by Crippen LogP contribution is 2.46. The monoisotopic (exact) mass is 868 g/mol. The van der Waals surface area contributed by atoms with Gasteiger partial charge in [0.05, 0.1) is 31.5 Å². The van der Waals surface area contributed by atoms with E-state index < -0.39 is 48.1 Å².